The largest absolute Gasteiger partial charge is 0.397 e. The van der Waals surface area contributed by atoms with E-state index in [0.29, 0.717) is 0 Å². The Morgan fingerprint density at radius 2 is 1.37 bits per heavy atom. The second-order valence-electron chi connectivity index (χ2n) is 6.02. The lowest BCUT2D eigenvalue weighted by atomic mass is 9.97. The summed E-state index contributed by atoms with van der Waals surface area (Å²) in [6.07, 6.45) is -17.7. The van der Waals surface area contributed by atoms with Gasteiger partial charge in [-0.1, -0.05) is 0 Å². The van der Waals surface area contributed by atoms with Gasteiger partial charge < -0.3 is 50.0 Å². The summed E-state index contributed by atoms with van der Waals surface area (Å²) in [7, 11) is -5.06. The first kappa shape index (κ1) is 22.8. The van der Waals surface area contributed by atoms with Crippen molar-refractivity contribution in [1.29, 1.82) is 0 Å². The van der Waals surface area contributed by atoms with Gasteiger partial charge in [-0.2, -0.15) is 8.42 Å². The Bertz CT molecular complexity index is 583. The molecule has 15 heteroatoms. The number of ether oxygens (including phenoxy) is 3. The molecule has 10 atom stereocenters. The minimum Gasteiger partial charge on any atom is -0.394 e. The van der Waals surface area contributed by atoms with Crippen LogP contribution in [0.25, 0.3) is 0 Å². The molecule has 0 spiro atoms. The van der Waals surface area contributed by atoms with Gasteiger partial charge in [0.15, 0.2) is 12.6 Å². The van der Waals surface area contributed by atoms with Crippen LogP contribution in [0.1, 0.15) is 0 Å². The van der Waals surface area contributed by atoms with Gasteiger partial charge in [0, 0.05) is 0 Å². The molecule has 27 heavy (non-hydrogen) atoms. The highest BCUT2D eigenvalue weighted by molar-refractivity contribution is 7.80. The highest BCUT2D eigenvalue weighted by atomic mass is 32.3. The van der Waals surface area contributed by atoms with Crippen LogP contribution >= 0.6 is 0 Å². The lowest BCUT2D eigenvalue weighted by molar-refractivity contribution is -0.354. The number of hydrogen-bond acceptors (Lipinski definition) is 13. The van der Waals surface area contributed by atoms with Crippen molar-refractivity contribution in [2.75, 3.05) is 13.2 Å². The fourth-order valence-corrected chi connectivity index (χ4v) is 3.33. The predicted octanol–water partition coefficient (Wildman–Crippen LogP) is -5.57. The molecule has 0 aromatic heterocycles. The van der Waals surface area contributed by atoms with E-state index in [1.54, 1.807) is 0 Å². The molecule has 0 aromatic carbocycles. The molecule has 14 nitrogen and oxygen atoms in total. The standard InChI is InChI=1S/C12H22O14S/c13-1-3-5(15)10(8(18)11(19)23-3)25-12-7(17)6(16)9(4(2-14)24-12)26-27(20,21)22/h3-19H,1-2H2,(H,20,21,22)/t3-,4-,5+,6-,7-,8-,9+,10+,11?,12?/m1/s1. The SMILES string of the molecule is O=S(=O)(O)O[C@@H]1[C@H](O)[C@@H](O)C(O[C@H]2[C@@H](O)[C@@H](CO)OC(O)[C@@H]2O)O[C@@H]1CO. The molecule has 160 valence electrons. The van der Waals surface area contributed by atoms with Gasteiger partial charge >= 0.3 is 10.4 Å². The molecule has 2 fully saturated rings. The van der Waals surface area contributed by atoms with Crippen LogP contribution in [0.2, 0.25) is 0 Å². The third-order valence-corrected chi connectivity index (χ3v) is 4.65. The van der Waals surface area contributed by atoms with E-state index in [-0.39, 0.29) is 0 Å². The fraction of sp³-hybridized carbons (Fsp3) is 1.00. The van der Waals surface area contributed by atoms with Crippen LogP contribution < -0.4 is 0 Å². The molecule has 2 saturated heterocycles. The summed E-state index contributed by atoms with van der Waals surface area (Å²) in [4.78, 5) is 0. The Morgan fingerprint density at radius 3 is 1.89 bits per heavy atom. The maximum atomic E-state index is 10.8. The topological polar surface area (TPSA) is 233 Å². The molecular weight excluding hydrogens is 400 g/mol. The zero-order valence-electron chi connectivity index (χ0n) is 13.6. The molecule has 0 aliphatic carbocycles. The Morgan fingerprint density at radius 1 is 0.778 bits per heavy atom. The number of rotatable bonds is 6. The van der Waals surface area contributed by atoms with E-state index in [1.807, 2.05) is 0 Å². The second-order valence-corrected chi connectivity index (χ2v) is 7.07. The number of hydrogen-bond donors (Lipinski definition) is 8. The lowest BCUT2D eigenvalue weighted by Gasteiger charge is -2.45. The third-order valence-electron chi connectivity index (χ3n) is 4.19. The highest BCUT2D eigenvalue weighted by Crippen LogP contribution is 2.29. The summed E-state index contributed by atoms with van der Waals surface area (Å²) in [5.41, 5.74) is 0. The van der Waals surface area contributed by atoms with Gasteiger partial charge in [0.2, 0.25) is 0 Å². The summed E-state index contributed by atoms with van der Waals surface area (Å²) in [5.74, 6) is 0. The minimum atomic E-state index is -5.06. The molecule has 2 unspecified atom stereocenters. The van der Waals surface area contributed by atoms with Crippen molar-refractivity contribution in [2.24, 2.45) is 0 Å². The Labute approximate surface area is 153 Å². The fourth-order valence-electron chi connectivity index (χ4n) is 2.81. The van der Waals surface area contributed by atoms with Crippen molar-refractivity contribution in [3.8, 4) is 0 Å². The smallest absolute Gasteiger partial charge is 0.394 e. The molecule has 0 bridgehead atoms. The van der Waals surface area contributed by atoms with E-state index in [1.165, 1.54) is 0 Å². The summed E-state index contributed by atoms with van der Waals surface area (Å²) in [6.45, 7) is -1.67. The first-order valence-corrected chi connectivity index (χ1v) is 9.10. The predicted molar refractivity (Wildman–Crippen MR) is 79.0 cm³/mol. The first-order valence-electron chi connectivity index (χ1n) is 7.74. The van der Waals surface area contributed by atoms with Crippen molar-refractivity contribution in [3.63, 3.8) is 0 Å². The van der Waals surface area contributed by atoms with Gasteiger partial charge in [0.25, 0.3) is 0 Å². The Hall–Kier alpha value is -0.530. The summed E-state index contributed by atoms with van der Waals surface area (Å²) < 4.78 is 49.6. The highest BCUT2D eigenvalue weighted by Gasteiger charge is 2.51. The average Bonchev–Trinajstić information content (AvgIpc) is 2.59. The van der Waals surface area contributed by atoms with E-state index >= 15 is 0 Å². The Balaban J connectivity index is 2.16. The van der Waals surface area contributed by atoms with Crippen molar-refractivity contribution in [2.45, 2.75) is 61.4 Å². The van der Waals surface area contributed by atoms with E-state index in [4.69, 9.17) is 23.9 Å². The van der Waals surface area contributed by atoms with Crippen molar-refractivity contribution in [3.05, 3.63) is 0 Å². The van der Waals surface area contributed by atoms with Crippen molar-refractivity contribution >= 4 is 10.4 Å². The van der Waals surface area contributed by atoms with Gasteiger partial charge in [-0.3, -0.25) is 4.55 Å². The van der Waals surface area contributed by atoms with Crippen LogP contribution in [0.4, 0.5) is 0 Å². The second kappa shape index (κ2) is 8.87. The molecule has 0 amide bonds. The van der Waals surface area contributed by atoms with Gasteiger partial charge in [0.1, 0.15) is 48.8 Å². The quantitative estimate of drug-likeness (QED) is 0.186. The summed E-state index contributed by atoms with van der Waals surface area (Å²) in [5, 5.41) is 68.1. The van der Waals surface area contributed by atoms with Crippen LogP contribution in [0, 0.1) is 0 Å². The van der Waals surface area contributed by atoms with E-state index in [2.05, 4.69) is 4.18 Å². The minimum absolute atomic E-state index is 0.745. The number of aliphatic hydroxyl groups excluding tert-OH is 7. The number of aliphatic hydroxyl groups is 7. The molecule has 2 aliphatic heterocycles. The summed E-state index contributed by atoms with van der Waals surface area (Å²) in [6, 6.07) is 0. The molecule has 2 aliphatic rings. The molecule has 2 heterocycles. The molecule has 0 saturated carbocycles. The van der Waals surface area contributed by atoms with Gasteiger partial charge in [0.05, 0.1) is 13.2 Å². The third kappa shape index (κ3) is 5.10. The monoisotopic (exact) mass is 422 g/mol. The van der Waals surface area contributed by atoms with Gasteiger partial charge in [-0.25, -0.2) is 4.18 Å². The van der Waals surface area contributed by atoms with Crippen LogP contribution in [0.15, 0.2) is 0 Å². The molecule has 0 aromatic rings. The van der Waals surface area contributed by atoms with Gasteiger partial charge in [-0.05, 0) is 0 Å². The van der Waals surface area contributed by atoms with E-state index in [0.717, 1.165) is 0 Å². The van der Waals surface area contributed by atoms with Crippen molar-refractivity contribution < 1.29 is 67.1 Å². The molecule has 8 N–H and O–H groups in total. The zero-order chi connectivity index (χ0) is 20.5. The van der Waals surface area contributed by atoms with Crippen LogP contribution in [0.5, 0.6) is 0 Å². The zero-order valence-corrected chi connectivity index (χ0v) is 14.4. The van der Waals surface area contributed by atoms with Gasteiger partial charge in [-0.15, -0.1) is 0 Å². The van der Waals surface area contributed by atoms with E-state index < -0.39 is 85.0 Å². The Kier molecular flexibility index (Phi) is 7.47. The van der Waals surface area contributed by atoms with Crippen LogP contribution in [-0.2, 0) is 28.8 Å². The first-order chi connectivity index (χ1) is 12.5. The van der Waals surface area contributed by atoms with Crippen molar-refractivity contribution in [1.82, 2.24) is 0 Å². The molecular formula is C12H22O14S. The summed E-state index contributed by atoms with van der Waals surface area (Å²) >= 11 is 0. The molecule has 2 rings (SSSR count). The van der Waals surface area contributed by atoms with Crippen LogP contribution in [-0.4, -0.2) is 123 Å². The molecule has 0 radical (unpaired) electrons. The normalized spacial score (nSPS) is 46.4. The van der Waals surface area contributed by atoms with E-state index in [9.17, 15) is 39.1 Å². The maximum Gasteiger partial charge on any atom is 0.397 e. The van der Waals surface area contributed by atoms with Crippen LogP contribution in [0.3, 0.4) is 0 Å². The maximum absolute atomic E-state index is 10.8. The average molecular weight is 422 g/mol. The lowest BCUT2D eigenvalue weighted by Crippen LogP contribution is -2.65.